The zero-order valence-electron chi connectivity index (χ0n) is 9.69. The monoisotopic (exact) mass is 235 g/mol. The molecule has 0 fully saturated rings. The van der Waals surface area contributed by atoms with E-state index >= 15 is 0 Å². The van der Waals surface area contributed by atoms with Crippen LogP contribution >= 0.6 is 11.3 Å². The Balaban J connectivity index is 1.81. The molecule has 3 heteroatoms. The van der Waals surface area contributed by atoms with Crippen LogP contribution in [0.3, 0.4) is 0 Å². The Bertz CT molecular complexity index is 419. The zero-order chi connectivity index (χ0) is 11.4. The quantitative estimate of drug-likeness (QED) is 0.844. The molecule has 0 amide bonds. The summed E-state index contributed by atoms with van der Waals surface area (Å²) in [6, 6.07) is 4.44. The molecule has 0 bridgehead atoms. The van der Waals surface area contributed by atoms with Crippen molar-refractivity contribution in [1.29, 1.82) is 0 Å². The minimum atomic E-state index is 0.471. The molecule has 0 radical (unpaired) electrons. The molecule has 0 aliphatic rings. The van der Waals surface area contributed by atoms with E-state index in [0.29, 0.717) is 6.04 Å². The molecule has 2 aromatic heterocycles. The minimum absolute atomic E-state index is 0.471. The first-order valence-corrected chi connectivity index (χ1v) is 6.51. The summed E-state index contributed by atoms with van der Waals surface area (Å²) in [7, 11) is 0. The lowest BCUT2D eigenvalue weighted by Gasteiger charge is -2.14. The van der Waals surface area contributed by atoms with Gasteiger partial charge in [0, 0.05) is 23.5 Å². The van der Waals surface area contributed by atoms with Gasteiger partial charge in [-0.05, 0) is 43.3 Å². The molecule has 0 spiro atoms. The van der Waals surface area contributed by atoms with Gasteiger partial charge < -0.3 is 9.73 Å². The summed E-state index contributed by atoms with van der Waals surface area (Å²) >= 11 is 1.74. The second kappa shape index (κ2) is 5.21. The van der Waals surface area contributed by atoms with E-state index in [1.807, 2.05) is 12.1 Å². The van der Waals surface area contributed by atoms with Gasteiger partial charge in [0.25, 0.3) is 0 Å². The third-order valence-electron chi connectivity index (χ3n) is 2.66. The van der Waals surface area contributed by atoms with Crippen molar-refractivity contribution in [3.8, 4) is 0 Å². The first kappa shape index (κ1) is 11.3. The Kier molecular flexibility index (Phi) is 3.67. The van der Waals surface area contributed by atoms with Crippen LogP contribution in [0.15, 0.2) is 33.6 Å². The van der Waals surface area contributed by atoms with Crippen LogP contribution in [0, 0.1) is 6.92 Å². The van der Waals surface area contributed by atoms with Crippen LogP contribution in [0.25, 0.3) is 0 Å². The molecule has 86 valence electrons. The molecular weight excluding hydrogens is 218 g/mol. The highest BCUT2D eigenvalue weighted by atomic mass is 32.1. The van der Waals surface area contributed by atoms with E-state index in [4.69, 9.17) is 4.42 Å². The van der Waals surface area contributed by atoms with E-state index in [9.17, 15) is 0 Å². The number of rotatable bonds is 5. The molecule has 0 saturated heterocycles. The van der Waals surface area contributed by atoms with Crippen molar-refractivity contribution in [3.05, 3.63) is 40.5 Å². The molecule has 1 atom stereocenters. The summed E-state index contributed by atoms with van der Waals surface area (Å²) in [4.78, 5) is 0. The molecule has 2 rings (SSSR count). The molecule has 2 nitrogen and oxygen atoms in total. The lowest BCUT2D eigenvalue weighted by Crippen LogP contribution is -2.15. The fourth-order valence-corrected chi connectivity index (χ4v) is 2.45. The van der Waals surface area contributed by atoms with Crippen molar-refractivity contribution in [2.24, 2.45) is 0 Å². The number of hydrogen-bond donors (Lipinski definition) is 1. The Hall–Kier alpha value is -1.22. The van der Waals surface area contributed by atoms with Gasteiger partial charge in [-0.15, -0.1) is 11.3 Å². The van der Waals surface area contributed by atoms with Crippen LogP contribution in [-0.4, -0.2) is 6.04 Å². The number of nitrogens with one attached hydrogen (secondary N) is 1. The second-order valence-electron chi connectivity index (χ2n) is 4.13. The van der Waals surface area contributed by atoms with Crippen molar-refractivity contribution in [3.63, 3.8) is 0 Å². The second-order valence-corrected chi connectivity index (χ2v) is 4.88. The van der Waals surface area contributed by atoms with Crippen molar-refractivity contribution in [2.75, 3.05) is 5.32 Å². The van der Waals surface area contributed by atoms with Crippen LogP contribution < -0.4 is 5.32 Å². The van der Waals surface area contributed by atoms with E-state index in [1.165, 1.54) is 11.3 Å². The average Bonchev–Trinajstić information content (AvgIpc) is 2.88. The fourth-order valence-electron chi connectivity index (χ4n) is 1.66. The molecule has 2 heterocycles. The first-order valence-electron chi connectivity index (χ1n) is 5.57. The molecular formula is C13H17NOS. The van der Waals surface area contributed by atoms with Crippen LogP contribution in [0.2, 0.25) is 0 Å². The molecule has 1 unspecified atom stereocenters. The van der Waals surface area contributed by atoms with Crippen molar-refractivity contribution in [1.82, 2.24) is 0 Å². The van der Waals surface area contributed by atoms with Gasteiger partial charge in [0.1, 0.15) is 5.76 Å². The Morgan fingerprint density at radius 1 is 1.44 bits per heavy atom. The highest BCUT2D eigenvalue weighted by Crippen LogP contribution is 2.21. The van der Waals surface area contributed by atoms with Crippen LogP contribution in [0.4, 0.5) is 5.69 Å². The molecule has 0 saturated carbocycles. The van der Waals surface area contributed by atoms with E-state index in [0.717, 1.165) is 18.6 Å². The highest BCUT2D eigenvalue weighted by Gasteiger charge is 2.06. The highest BCUT2D eigenvalue weighted by molar-refractivity contribution is 7.08. The standard InChI is InChI=1S/C13H17NOS/c1-10-8-16-9-13(10)14-11(2)5-6-12-4-3-7-15-12/h3-4,7-9,11,14H,5-6H2,1-2H3. The summed E-state index contributed by atoms with van der Waals surface area (Å²) in [5.41, 5.74) is 2.59. The normalized spacial score (nSPS) is 12.6. The predicted octanol–water partition coefficient (Wildman–Crippen LogP) is 4.08. The van der Waals surface area contributed by atoms with Gasteiger partial charge in [-0.25, -0.2) is 0 Å². The summed E-state index contributed by atoms with van der Waals surface area (Å²) in [6.45, 7) is 4.35. The lowest BCUT2D eigenvalue weighted by molar-refractivity contribution is 0.495. The Labute approximate surface area is 100 Å². The minimum Gasteiger partial charge on any atom is -0.469 e. The maximum Gasteiger partial charge on any atom is 0.103 e. The summed E-state index contributed by atoms with van der Waals surface area (Å²) in [5, 5.41) is 7.85. The maximum absolute atomic E-state index is 5.32. The maximum atomic E-state index is 5.32. The zero-order valence-corrected chi connectivity index (χ0v) is 10.5. The number of anilines is 1. The van der Waals surface area contributed by atoms with E-state index in [1.54, 1.807) is 17.6 Å². The summed E-state index contributed by atoms with van der Waals surface area (Å²) in [6.07, 6.45) is 3.81. The fraction of sp³-hybridized carbons (Fsp3) is 0.385. The SMILES string of the molecule is Cc1cscc1NC(C)CCc1ccco1. The van der Waals surface area contributed by atoms with E-state index in [2.05, 4.69) is 29.9 Å². The summed E-state index contributed by atoms with van der Waals surface area (Å²) < 4.78 is 5.32. The van der Waals surface area contributed by atoms with E-state index < -0.39 is 0 Å². The molecule has 0 aliphatic carbocycles. The van der Waals surface area contributed by atoms with Gasteiger partial charge in [0.05, 0.1) is 6.26 Å². The van der Waals surface area contributed by atoms with Crippen LogP contribution in [-0.2, 0) is 6.42 Å². The first-order chi connectivity index (χ1) is 7.75. The van der Waals surface area contributed by atoms with Gasteiger partial charge >= 0.3 is 0 Å². The number of aryl methyl sites for hydroxylation is 2. The Morgan fingerprint density at radius 2 is 2.31 bits per heavy atom. The number of hydrogen-bond acceptors (Lipinski definition) is 3. The van der Waals surface area contributed by atoms with Crippen molar-refractivity contribution < 1.29 is 4.42 Å². The third kappa shape index (κ3) is 2.89. The van der Waals surface area contributed by atoms with Gasteiger partial charge in [0.15, 0.2) is 0 Å². The smallest absolute Gasteiger partial charge is 0.103 e. The number of thiophene rings is 1. The predicted molar refractivity (Wildman–Crippen MR) is 69.2 cm³/mol. The third-order valence-corrected chi connectivity index (χ3v) is 3.52. The molecule has 16 heavy (non-hydrogen) atoms. The van der Waals surface area contributed by atoms with Gasteiger partial charge in [-0.1, -0.05) is 0 Å². The molecule has 0 aliphatic heterocycles. The lowest BCUT2D eigenvalue weighted by atomic mass is 10.1. The largest absolute Gasteiger partial charge is 0.469 e. The van der Waals surface area contributed by atoms with Gasteiger partial charge in [-0.2, -0.15) is 0 Å². The molecule has 1 N–H and O–H groups in total. The topological polar surface area (TPSA) is 25.2 Å². The van der Waals surface area contributed by atoms with Gasteiger partial charge in [0.2, 0.25) is 0 Å². The van der Waals surface area contributed by atoms with Crippen LogP contribution in [0.5, 0.6) is 0 Å². The van der Waals surface area contributed by atoms with Gasteiger partial charge in [-0.3, -0.25) is 0 Å². The van der Waals surface area contributed by atoms with Crippen LogP contribution in [0.1, 0.15) is 24.7 Å². The molecule has 0 aromatic carbocycles. The Morgan fingerprint density at radius 3 is 2.94 bits per heavy atom. The summed E-state index contributed by atoms with van der Waals surface area (Å²) in [5.74, 6) is 1.07. The average molecular weight is 235 g/mol. The van der Waals surface area contributed by atoms with Crippen molar-refractivity contribution >= 4 is 17.0 Å². The van der Waals surface area contributed by atoms with E-state index in [-0.39, 0.29) is 0 Å². The number of furan rings is 1. The molecule has 2 aromatic rings. The van der Waals surface area contributed by atoms with Crippen molar-refractivity contribution in [2.45, 2.75) is 32.7 Å².